The van der Waals surface area contributed by atoms with Crippen LogP contribution in [0.1, 0.15) is 0 Å². The first-order valence-electron chi connectivity index (χ1n) is 13.2. The molecule has 0 unspecified atom stereocenters. The molecule has 13 nitrogen and oxygen atoms in total. The van der Waals surface area contributed by atoms with Crippen LogP contribution in [0.2, 0.25) is 0 Å². The van der Waals surface area contributed by atoms with Gasteiger partial charge in [-0.25, -0.2) is 9.59 Å². The second-order valence-corrected chi connectivity index (χ2v) is 7.78. The quantitative estimate of drug-likeness (QED) is 0.0630. The molecular weight excluding hydrogens is 610 g/mol. The zero-order valence-corrected chi connectivity index (χ0v) is 23.7. The first-order valence-corrected chi connectivity index (χ1v) is 13.2. The molecule has 43 heavy (non-hydrogen) atoms. The van der Waals surface area contributed by atoms with E-state index in [1.54, 1.807) is 0 Å². The van der Waals surface area contributed by atoms with Crippen LogP contribution in [0, 0.1) is 0 Å². The molecule has 0 bridgehead atoms. The molecule has 0 aromatic carbocycles. The van der Waals surface area contributed by atoms with Gasteiger partial charge in [-0.1, -0.05) is 0 Å². The summed E-state index contributed by atoms with van der Waals surface area (Å²) < 4.78 is 126. The molecule has 0 amide bonds. The van der Waals surface area contributed by atoms with E-state index in [4.69, 9.17) is 42.6 Å². The van der Waals surface area contributed by atoms with Gasteiger partial charge >= 0.3 is 24.3 Å². The number of alkyl halides is 6. The number of carbonyl (C=O) groups excluding carboxylic acids is 2. The highest BCUT2D eigenvalue weighted by Gasteiger charge is 2.41. The molecule has 0 heterocycles. The van der Waals surface area contributed by atoms with Gasteiger partial charge in [-0.3, -0.25) is 0 Å². The van der Waals surface area contributed by atoms with E-state index in [1.165, 1.54) is 0 Å². The average molecular weight is 651 g/mol. The van der Waals surface area contributed by atoms with Gasteiger partial charge in [0.05, 0.1) is 119 Å². The Morgan fingerprint density at radius 3 is 0.581 bits per heavy atom. The van der Waals surface area contributed by atoms with Crippen molar-refractivity contribution in [3.05, 3.63) is 0 Å². The highest BCUT2D eigenvalue weighted by molar-refractivity contribution is 5.75. The van der Waals surface area contributed by atoms with E-state index in [1.807, 2.05) is 0 Å². The SMILES string of the molecule is O=C(OCCOCCOCCOCCOCCOCCOCCOCCOCCOCCOC(=O)C(F)(F)F)C(F)(F)F. The maximum Gasteiger partial charge on any atom is 0.490 e. The van der Waals surface area contributed by atoms with Crippen LogP contribution in [0.15, 0.2) is 0 Å². The molecule has 0 spiro atoms. The zero-order valence-electron chi connectivity index (χ0n) is 23.7. The topological polar surface area (TPSA) is 136 Å². The van der Waals surface area contributed by atoms with E-state index in [-0.39, 0.29) is 39.6 Å². The van der Waals surface area contributed by atoms with Crippen molar-refractivity contribution < 1.29 is 88.0 Å². The zero-order chi connectivity index (χ0) is 32.1. The fraction of sp³-hybridized carbons (Fsp3) is 0.917. The van der Waals surface area contributed by atoms with Crippen LogP contribution >= 0.6 is 0 Å². The summed E-state index contributed by atoms with van der Waals surface area (Å²) in [5, 5.41) is 0. The second-order valence-electron chi connectivity index (χ2n) is 7.78. The summed E-state index contributed by atoms with van der Waals surface area (Å²) in [5.74, 6) is -4.50. The molecule has 0 aromatic rings. The van der Waals surface area contributed by atoms with Crippen molar-refractivity contribution in [3.63, 3.8) is 0 Å². The number of esters is 2. The number of rotatable bonds is 30. The summed E-state index contributed by atoms with van der Waals surface area (Å²) in [6.07, 6.45) is -10.0. The van der Waals surface area contributed by atoms with Gasteiger partial charge < -0.3 is 52.1 Å². The Labute approximate surface area is 245 Å². The molecule has 0 radical (unpaired) electrons. The van der Waals surface area contributed by atoms with Crippen molar-refractivity contribution >= 4 is 11.9 Å². The molecule has 0 aromatic heterocycles. The van der Waals surface area contributed by atoms with Crippen LogP contribution in [0.3, 0.4) is 0 Å². The van der Waals surface area contributed by atoms with E-state index in [0.29, 0.717) is 79.3 Å². The third kappa shape index (κ3) is 30.0. The fourth-order valence-corrected chi connectivity index (χ4v) is 2.41. The summed E-state index contributed by atoms with van der Waals surface area (Å²) in [6.45, 7) is 3.62. The monoisotopic (exact) mass is 650 g/mol. The van der Waals surface area contributed by atoms with Crippen LogP contribution in [-0.2, 0) is 61.7 Å². The second kappa shape index (κ2) is 27.7. The molecule has 0 aliphatic carbocycles. The lowest BCUT2D eigenvalue weighted by Crippen LogP contribution is -2.26. The standard InChI is InChI=1S/C24H40F6O13/c25-23(26,27)21(31)42-19-17-40-15-13-38-11-9-36-7-5-34-3-1-33-2-4-35-6-8-37-10-12-39-14-16-41-18-20-43-22(32)24(28,29)30/h1-20H2. The van der Waals surface area contributed by atoms with Gasteiger partial charge in [-0.2, -0.15) is 26.3 Å². The molecule has 0 saturated heterocycles. The molecule has 0 aliphatic heterocycles. The molecular formula is C24H40F6O13. The first kappa shape index (κ1) is 41.2. The number of halogens is 6. The predicted octanol–water partition coefficient (Wildman–Crippen LogP) is 1.35. The average Bonchev–Trinajstić information content (AvgIpc) is 2.94. The normalized spacial score (nSPS) is 12.0. The maximum atomic E-state index is 11.9. The van der Waals surface area contributed by atoms with Gasteiger partial charge in [-0.15, -0.1) is 0 Å². The van der Waals surface area contributed by atoms with Crippen molar-refractivity contribution in [2.45, 2.75) is 12.4 Å². The Hall–Kier alpha value is -1.84. The smallest absolute Gasteiger partial charge is 0.457 e. The lowest BCUT2D eigenvalue weighted by molar-refractivity contribution is -0.200. The van der Waals surface area contributed by atoms with Crippen molar-refractivity contribution in [1.29, 1.82) is 0 Å². The van der Waals surface area contributed by atoms with Gasteiger partial charge in [0, 0.05) is 0 Å². The van der Waals surface area contributed by atoms with Gasteiger partial charge in [0.15, 0.2) is 0 Å². The minimum absolute atomic E-state index is 0.133. The summed E-state index contributed by atoms with van der Waals surface area (Å²) in [7, 11) is 0. The third-order valence-corrected chi connectivity index (χ3v) is 4.36. The van der Waals surface area contributed by atoms with Crippen LogP contribution in [0.5, 0.6) is 0 Å². The van der Waals surface area contributed by atoms with E-state index in [2.05, 4.69) is 9.47 Å². The lowest BCUT2D eigenvalue weighted by atomic mass is 10.6. The van der Waals surface area contributed by atoms with Crippen molar-refractivity contribution in [1.82, 2.24) is 0 Å². The highest BCUT2D eigenvalue weighted by atomic mass is 19.4. The van der Waals surface area contributed by atoms with Crippen LogP contribution in [0.25, 0.3) is 0 Å². The summed E-state index contributed by atoms with van der Waals surface area (Å²) in [5.41, 5.74) is 0. The van der Waals surface area contributed by atoms with Crippen molar-refractivity contribution in [3.8, 4) is 0 Å². The molecule has 0 aliphatic rings. The van der Waals surface area contributed by atoms with E-state index < -0.39 is 37.5 Å². The molecule has 19 heteroatoms. The Balaban J connectivity index is 3.14. The lowest BCUT2D eigenvalue weighted by Gasteiger charge is -2.09. The Kier molecular flexibility index (Phi) is 26.5. The van der Waals surface area contributed by atoms with Crippen LogP contribution in [-0.4, -0.2) is 156 Å². The maximum absolute atomic E-state index is 11.9. The molecule has 0 atom stereocenters. The Bertz CT molecular complexity index is 615. The van der Waals surface area contributed by atoms with Crippen LogP contribution in [0.4, 0.5) is 26.3 Å². The minimum Gasteiger partial charge on any atom is -0.457 e. The number of carbonyl (C=O) groups is 2. The predicted molar refractivity (Wildman–Crippen MR) is 131 cm³/mol. The Morgan fingerprint density at radius 2 is 0.442 bits per heavy atom. The van der Waals surface area contributed by atoms with Crippen molar-refractivity contribution in [2.24, 2.45) is 0 Å². The number of hydrogen-bond acceptors (Lipinski definition) is 13. The summed E-state index contributed by atoms with van der Waals surface area (Å²) in [6, 6.07) is 0. The first-order chi connectivity index (χ1) is 20.5. The fourth-order valence-electron chi connectivity index (χ4n) is 2.41. The third-order valence-electron chi connectivity index (χ3n) is 4.36. The largest absolute Gasteiger partial charge is 0.490 e. The molecule has 0 rings (SSSR count). The molecule has 256 valence electrons. The van der Waals surface area contributed by atoms with E-state index in [0.717, 1.165) is 0 Å². The highest BCUT2D eigenvalue weighted by Crippen LogP contribution is 2.16. The molecule has 0 saturated carbocycles. The number of ether oxygens (including phenoxy) is 11. The van der Waals surface area contributed by atoms with E-state index >= 15 is 0 Å². The minimum atomic E-state index is -5.01. The number of hydrogen-bond donors (Lipinski definition) is 0. The van der Waals surface area contributed by atoms with E-state index in [9.17, 15) is 35.9 Å². The van der Waals surface area contributed by atoms with Crippen molar-refractivity contribution in [2.75, 3.05) is 132 Å². The van der Waals surface area contributed by atoms with Crippen LogP contribution < -0.4 is 0 Å². The molecule has 0 N–H and O–H groups in total. The van der Waals surface area contributed by atoms with Gasteiger partial charge in [0.25, 0.3) is 0 Å². The van der Waals surface area contributed by atoms with Gasteiger partial charge in [0.2, 0.25) is 0 Å². The van der Waals surface area contributed by atoms with Gasteiger partial charge in [-0.05, 0) is 0 Å². The van der Waals surface area contributed by atoms with Gasteiger partial charge in [0.1, 0.15) is 13.2 Å². The summed E-state index contributed by atoms with van der Waals surface area (Å²) in [4.78, 5) is 20.9. The Morgan fingerprint density at radius 1 is 0.302 bits per heavy atom. The molecule has 0 fully saturated rings. The summed E-state index contributed by atoms with van der Waals surface area (Å²) >= 11 is 0.